The molecular weight excluding hydrogens is 434 g/mol. The van der Waals surface area contributed by atoms with E-state index >= 15 is 0 Å². The van der Waals surface area contributed by atoms with Crippen LogP contribution < -0.4 is 14.6 Å². The summed E-state index contributed by atoms with van der Waals surface area (Å²) in [4.78, 5) is 27.9. The molecule has 0 aliphatic carbocycles. The number of ether oxygens (including phenoxy) is 3. The topological polar surface area (TPSA) is 117 Å². The molecule has 1 heterocycles. The predicted octanol–water partition coefficient (Wildman–Crippen LogP) is 3.02. The molecule has 0 spiro atoms. The van der Waals surface area contributed by atoms with Crippen LogP contribution in [0.3, 0.4) is 0 Å². The van der Waals surface area contributed by atoms with Crippen LogP contribution >= 0.6 is 11.8 Å². The maximum absolute atomic E-state index is 12.5. The molecule has 2 aromatic carbocycles. The van der Waals surface area contributed by atoms with Crippen LogP contribution in [-0.2, 0) is 14.3 Å². The lowest BCUT2D eigenvalue weighted by molar-refractivity contribution is -0.307. The molecule has 0 saturated carbocycles. The van der Waals surface area contributed by atoms with E-state index in [0.29, 0.717) is 32.7 Å². The molecule has 8 nitrogen and oxygen atoms in total. The molecule has 0 radical (unpaired) electrons. The molecule has 0 unspecified atom stereocenters. The highest BCUT2D eigenvalue weighted by Crippen LogP contribution is 2.40. The largest absolute Gasteiger partial charge is 0.546 e. The van der Waals surface area contributed by atoms with Gasteiger partial charge < -0.3 is 29.2 Å². The second kappa shape index (κ2) is 10.5. The zero-order valence-electron chi connectivity index (χ0n) is 17.4. The molecule has 0 bridgehead atoms. The van der Waals surface area contributed by atoms with Gasteiger partial charge in [0, 0.05) is 0 Å². The minimum absolute atomic E-state index is 0.00664. The fraction of sp³-hybridized carbons (Fsp3) is 0.174. The Morgan fingerprint density at radius 3 is 2.34 bits per heavy atom. The van der Waals surface area contributed by atoms with Crippen molar-refractivity contribution in [2.24, 2.45) is 4.99 Å². The number of hydrogen-bond donors (Lipinski definition) is 1. The molecule has 1 aliphatic rings. The van der Waals surface area contributed by atoms with Crippen LogP contribution in [0.2, 0.25) is 0 Å². The molecule has 166 valence electrons. The SMILES string of the molecule is CCOC(=O)C1=C(O)/C(=C/c2ccc(OCC(=O)[O-])cc2)SC1=Nc1ccc(OC)cc1. The number of nitrogens with zero attached hydrogens (tertiary/aromatic N) is 1. The first-order valence-corrected chi connectivity index (χ1v) is 10.4. The molecule has 0 saturated heterocycles. The van der Waals surface area contributed by atoms with Crippen molar-refractivity contribution in [1.82, 2.24) is 0 Å². The second-order valence-corrected chi connectivity index (χ2v) is 7.43. The number of esters is 1. The summed E-state index contributed by atoms with van der Waals surface area (Å²) in [7, 11) is 1.56. The van der Waals surface area contributed by atoms with Gasteiger partial charge in [-0.15, -0.1) is 0 Å². The number of hydrogen-bond acceptors (Lipinski definition) is 9. The van der Waals surface area contributed by atoms with Crippen LogP contribution in [0.5, 0.6) is 11.5 Å². The lowest BCUT2D eigenvalue weighted by Crippen LogP contribution is -2.28. The van der Waals surface area contributed by atoms with Crippen LogP contribution in [0.15, 0.2) is 69.8 Å². The van der Waals surface area contributed by atoms with E-state index in [4.69, 9.17) is 14.2 Å². The minimum Gasteiger partial charge on any atom is -0.546 e. The van der Waals surface area contributed by atoms with Gasteiger partial charge in [-0.1, -0.05) is 23.9 Å². The van der Waals surface area contributed by atoms with Gasteiger partial charge in [0.05, 0.1) is 30.3 Å². The van der Waals surface area contributed by atoms with Crippen molar-refractivity contribution >= 4 is 40.5 Å². The second-order valence-electron chi connectivity index (χ2n) is 6.40. The van der Waals surface area contributed by atoms with Gasteiger partial charge >= 0.3 is 5.97 Å². The molecule has 0 fully saturated rings. The number of aliphatic imine (C=N–C) groups is 1. The van der Waals surface area contributed by atoms with Gasteiger partial charge in [0.1, 0.15) is 34.5 Å². The quantitative estimate of drug-likeness (QED) is 0.605. The summed E-state index contributed by atoms with van der Waals surface area (Å²) in [6, 6.07) is 13.5. The van der Waals surface area contributed by atoms with E-state index in [2.05, 4.69) is 4.99 Å². The predicted molar refractivity (Wildman–Crippen MR) is 119 cm³/mol. The number of methoxy groups -OCH3 is 1. The summed E-state index contributed by atoms with van der Waals surface area (Å²) in [5.41, 5.74) is 1.28. The third kappa shape index (κ3) is 5.70. The van der Waals surface area contributed by atoms with E-state index in [0.717, 1.165) is 11.8 Å². The maximum atomic E-state index is 12.5. The van der Waals surface area contributed by atoms with Crippen LogP contribution in [0.25, 0.3) is 6.08 Å². The van der Waals surface area contributed by atoms with Crippen molar-refractivity contribution in [2.45, 2.75) is 6.92 Å². The number of carboxylic acid groups (broad SMARTS) is 1. The first-order valence-electron chi connectivity index (χ1n) is 9.57. The normalized spacial score (nSPS) is 15.8. The number of carbonyl (C=O) groups excluding carboxylic acids is 2. The van der Waals surface area contributed by atoms with Crippen molar-refractivity contribution in [3.05, 3.63) is 70.3 Å². The third-order valence-electron chi connectivity index (χ3n) is 4.21. The Hall–Kier alpha value is -3.72. The summed E-state index contributed by atoms with van der Waals surface area (Å²) in [6.07, 6.45) is 1.68. The van der Waals surface area contributed by atoms with E-state index in [9.17, 15) is 19.8 Å². The summed E-state index contributed by atoms with van der Waals surface area (Å²) in [6.45, 7) is 1.29. The van der Waals surface area contributed by atoms with E-state index in [1.54, 1.807) is 68.6 Å². The standard InChI is InChI=1S/C23H21NO7S/c1-3-30-23(28)20-21(27)18(12-14-4-8-17(9-5-14)31-13-19(25)26)32-22(20)24-15-6-10-16(29-2)11-7-15/h4-12,27H,3,13H2,1-2H3,(H,25,26)/p-1/b18-12-,24-22?. The van der Waals surface area contributed by atoms with Crippen molar-refractivity contribution in [2.75, 3.05) is 20.3 Å². The number of benzene rings is 2. The first-order chi connectivity index (χ1) is 15.4. The number of carboxylic acids is 1. The molecule has 0 amide bonds. The minimum atomic E-state index is -1.32. The monoisotopic (exact) mass is 454 g/mol. The molecular formula is C23H20NO7S-. The highest BCUT2D eigenvalue weighted by Gasteiger charge is 2.33. The molecule has 2 aromatic rings. The van der Waals surface area contributed by atoms with Crippen molar-refractivity contribution in [3.8, 4) is 11.5 Å². The smallest absolute Gasteiger partial charge is 0.344 e. The first kappa shape index (κ1) is 23.0. The van der Waals surface area contributed by atoms with Crippen molar-refractivity contribution < 1.29 is 34.0 Å². The number of aliphatic hydroxyl groups is 1. The fourth-order valence-corrected chi connectivity index (χ4v) is 3.75. The Kier molecular flexibility index (Phi) is 7.56. The van der Waals surface area contributed by atoms with Crippen LogP contribution in [-0.4, -0.2) is 42.4 Å². The zero-order chi connectivity index (χ0) is 23.1. The van der Waals surface area contributed by atoms with Crippen LogP contribution in [0.1, 0.15) is 12.5 Å². The lowest BCUT2D eigenvalue weighted by atomic mass is 10.1. The van der Waals surface area contributed by atoms with Gasteiger partial charge in [-0.2, -0.15) is 0 Å². The number of aliphatic carboxylic acids is 1. The van der Waals surface area contributed by atoms with Crippen LogP contribution in [0, 0.1) is 0 Å². The van der Waals surface area contributed by atoms with Gasteiger partial charge in [-0.3, -0.25) is 0 Å². The van der Waals surface area contributed by atoms with Crippen LogP contribution in [0.4, 0.5) is 5.69 Å². The Morgan fingerprint density at radius 1 is 1.09 bits per heavy atom. The molecule has 9 heteroatoms. The number of rotatable bonds is 8. The molecule has 0 aromatic heterocycles. The van der Waals surface area contributed by atoms with Gasteiger partial charge in [0.2, 0.25) is 0 Å². The Morgan fingerprint density at radius 2 is 1.75 bits per heavy atom. The van der Waals surface area contributed by atoms with E-state index in [1.165, 1.54) is 0 Å². The third-order valence-corrected chi connectivity index (χ3v) is 5.23. The molecule has 32 heavy (non-hydrogen) atoms. The molecule has 3 rings (SSSR count). The Labute approximate surface area is 188 Å². The number of thioether (sulfide) groups is 1. The van der Waals surface area contributed by atoms with Crippen molar-refractivity contribution in [1.29, 1.82) is 0 Å². The maximum Gasteiger partial charge on any atom is 0.344 e. The summed E-state index contributed by atoms with van der Waals surface area (Å²) < 4.78 is 15.3. The van der Waals surface area contributed by atoms with Gasteiger partial charge in [0.25, 0.3) is 0 Å². The zero-order valence-corrected chi connectivity index (χ0v) is 18.2. The fourth-order valence-electron chi connectivity index (χ4n) is 2.72. The Balaban J connectivity index is 1.90. The average Bonchev–Trinajstić information content (AvgIpc) is 3.08. The summed E-state index contributed by atoms with van der Waals surface area (Å²) in [5, 5.41) is 21.5. The van der Waals surface area contributed by atoms with E-state index in [1.807, 2.05) is 0 Å². The van der Waals surface area contributed by atoms with Gasteiger partial charge in [0.15, 0.2) is 0 Å². The van der Waals surface area contributed by atoms with E-state index in [-0.39, 0.29) is 17.9 Å². The summed E-state index contributed by atoms with van der Waals surface area (Å²) in [5.74, 6) is -1.17. The van der Waals surface area contributed by atoms with Gasteiger partial charge in [-0.25, -0.2) is 9.79 Å². The number of carbonyl (C=O) groups is 2. The highest BCUT2D eigenvalue weighted by atomic mass is 32.2. The molecule has 0 atom stereocenters. The highest BCUT2D eigenvalue weighted by molar-refractivity contribution is 8.18. The molecule has 1 N–H and O–H groups in total. The molecule has 1 aliphatic heterocycles. The number of aliphatic hydroxyl groups excluding tert-OH is 1. The Bertz CT molecular complexity index is 1090. The van der Waals surface area contributed by atoms with Gasteiger partial charge in [-0.05, 0) is 55.0 Å². The lowest BCUT2D eigenvalue weighted by Gasteiger charge is -2.06. The van der Waals surface area contributed by atoms with E-state index < -0.39 is 18.5 Å². The average molecular weight is 454 g/mol. The summed E-state index contributed by atoms with van der Waals surface area (Å²) >= 11 is 1.14. The van der Waals surface area contributed by atoms with Crippen molar-refractivity contribution in [3.63, 3.8) is 0 Å².